The molecular formula is C23H35BrO3. The molecule has 4 aliphatic carbocycles. The molecule has 2 bridgehead atoms. The van der Waals surface area contributed by atoms with Gasteiger partial charge in [0.25, 0.3) is 0 Å². The number of hydrogen-bond donors (Lipinski definition) is 1. The highest BCUT2D eigenvalue weighted by Gasteiger charge is 2.72. The smallest absolute Gasteiger partial charge is 0.133 e. The van der Waals surface area contributed by atoms with Gasteiger partial charge in [-0.3, -0.25) is 4.79 Å². The Morgan fingerprint density at radius 3 is 2.70 bits per heavy atom. The molecule has 3 nitrogen and oxygen atoms in total. The number of halogens is 1. The van der Waals surface area contributed by atoms with Gasteiger partial charge in [-0.15, -0.1) is 0 Å². The second-order valence-electron chi connectivity index (χ2n) is 10.9. The molecule has 0 amide bonds. The van der Waals surface area contributed by atoms with Crippen LogP contribution in [0.4, 0.5) is 0 Å². The van der Waals surface area contributed by atoms with Gasteiger partial charge in [0.2, 0.25) is 0 Å². The lowest BCUT2D eigenvalue weighted by molar-refractivity contribution is -0.132. The van der Waals surface area contributed by atoms with Gasteiger partial charge in [0.15, 0.2) is 0 Å². The van der Waals surface area contributed by atoms with Gasteiger partial charge in [0.05, 0.1) is 23.1 Å². The summed E-state index contributed by atoms with van der Waals surface area (Å²) in [6.07, 6.45) is 8.80. The number of hydrogen-bond acceptors (Lipinski definition) is 3. The van der Waals surface area contributed by atoms with Gasteiger partial charge < -0.3 is 9.84 Å². The highest BCUT2D eigenvalue weighted by molar-refractivity contribution is 9.10. The van der Waals surface area contributed by atoms with Gasteiger partial charge in [-0.25, -0.2) is 0 Å². The summed E-state index contributed by atoms with van der Waals surface area (Å²) in [5.74, 6) is 3.29. The maximum atomic E-state index is 12.6. The first kappa shape index (κ1) is 19.1. The van der Waals surface area contributed by atoms with E-state index in [1.807, 2.05) is 6.92 Å². The van der Waals surface area contributed by atoms with Crippen LogP contribution >= 0.6 is 15.9 Å². The molecule has 1 saturated heterocycles. The fourth-order valence-electron chi connectivity index (χ4n) is 9.09. The Bertz CT molecular complexity index is 652. The molecule has 4 saturated carbocycles. The van der Waals surface area contributed by atoms with Crippen molar-refractivity contribution in [1.82, 2.24) is 0 Å². The van der Waals surface area contributed by atoms with Crippen LogP contribution in [0.25, 0.3) is 0 Å². The minimum atomic E-state index is -0.190. The molecule has 5 rings (SSSR count). The summed E-state index contributed by atoms with van der Waals surface area (Å²) < 4.78 is 6.41. The zero-order chi connectivity index (χ0) is 19.2. The average Bonchev–Trinajstić information content (AvgIpc) is 3.00. The topological polar surface area (TPSA) is 46.5 Å². The molecule has 27 heavy (non-hydrogen) atoms. The fraction of sp³-hybridized carbons (Fsp3) is 0.957. The highest BCUT2D eigenvalue weighted by Crippen LogP contribution is 2.73. The highest BCUT2D eigenvalue weighted by atomic mass is 79.9. The van der Waals surface area contributed by atoms with Crippen LogP contribution in [0.2, 0.25) is 0 Å². The molecule has 1 heterocycles. The molecule has 10 atom stereocenters. The van der Waals surface area contributed by atoms with E-state index in [4.69, 9.17) is 4.74 Å². The van der Waals surface area contributed by atoms with E-state index in [2.05, 4.69) is 29.8 Å². The second-order valence-corrected chi connectivity index (χ2v) is 12.3. The van der Waals surface area contributed by atoms with Crippen molar-refractivity contribution in [3.63, 3.8) is 0 Å². The molecule has 0 aromatic rings. The van der Waals surface area contributed by atoms with E-state index in [1.165, 1.54) is 19.3 Å². The van der Waals surface area contributed by atoms with Gasteiger partial charge in [0, 0.05) is 11.3 Å². The number of carbonyl (C=O) groups excluding carboxylic acids is 1. The second kappa shape index (κ2) is 6.04. The van der Waals surface area contributed by atoms with E-state index in [0.29, 0.717) is 29.5 Å². The number of ketones is 1. The van der Waals surface area contributed by atoms with Crippen LogP contribution in [0.3, 0.4) is 0 Å². The Labute approximate surface area is 172 Å². The predicted octanol–water partition coefficient (Wildman–Crippen LogP) is 4.74. The number of rotatable bonds is 2. The van der Waals surface area contributed by atoms with Crippen LogP contribution in [0, 0.1) is 40.4 Å². The third-order valence-corrected chi connectivity index (χ3v) is 11.7. The summed E-state index contributed by atoms with van der Waals surface area (Å²) in [5, 5.41) is 10.4. The molecule has 152 valence electrons. The molecule has 4 heteroatoms. The molecular weight excluding hydrogens is 404 g/mol. The van der Waals surface area contributed by atoms with Crippen molar-refractivity contribution >= 4 is 21.7 Å². The minimum absolute atomic E-state index is 0.0324. The molecule has 0 spiro atoms. The summed E-state index contributed by atoms with van der Waals surface area (Å²) in [6.45, 7) is 7.42. The standard InChI is InChI=1S/C23H35BrO3/c1-4-14-9-18-16-10-19-23(24)11-15(26)5-8-22(23,12-27-19)17(16)6-7-21(18,3)20(14)13(2)25/h14-20,26H,4-12H2,1-3H3/t14-,15+,16-,17+,18+,19-,20+,21+,22+,23+/m1/s1. The summed E-state index contributed by atoms with van der Waals surface area (Å²) >= 11 is 4.17. The van der Waals surface area contributed by atoms with Crippen LogP contribution in [-0.4, -0.2) is 34.0 Å². The van der Waals surface area contributed by atoms with Gasteiger partial charge in [0.1, 0.15) is 5.78 Å². The monoisotopic (exact) mass is 438 g/mol. The number of ether oxygens (including phenoxy) is 1. The van der Waals surface area contributed by atoms with E-state index < -0.39 is 0 Å². The molecule has 0 radical (unpaired) electrons. The zero-order valence-corrected chi connectivity index (χ0v) is 18.6. The van der Waals surface area contributed by atoms with Crippen LogP contribution in [-0.2, 0) is 9.53 Å². The van der Waals surface area contributed by atoms with Crippen LogP contribution < -0.4 is 0 Å². The molecule has 5 aliphatic rings. The number of fused-ring (bicyclic) bond motifs is 3. The van der Waals surface area contributed by atoms with Crippen molar-refractivity contribution in [3.8, 4) is 0 Å². The Hall–Kier alpha value is 0.0700. The number of aliphatic hydroxyl groups is 1. The average molecular weight is 439 g/mol. The Kier molecular flexibility index (Phi) is 4.27. The largest absolute Gasteiger partial charge is 0.393 e. The molecule has 0 aromatic heterocycles. The lowest BCUT2D eigenvalue weighted by atomic mass is 9.44. The number of alkyl halides is 1. The van der Waals surface area contributed by atoms with Gasteiger partial charge in [-0.2, -0.15) is 0 Å². The van der Waals surface area contributed by atoms with E-state index in [0.717, 1.165) is 38.7 Å². The van der Waals surface area contributed by atoms with Gasteiger partial charge >= 0.3 is 0 Å². The number of aliphatic hydroxyl groups excluding tert-OH is 1. The quantitative estimate of drug-likeness (QED) is 0.633. The van der Waals surface area contributed by atoms with E-state index in [-0.39, 0.29) is 33.3 Å². The third kappa shape index (κ3) is 2.24. The summed E-state index contributed by atoms with van der Waals surface area (Å²) in [4.78, 5) is 12.6. The van der Waals surface area contributed by atoms with Gasteiger partial charge in [-0.1, -0.05) is 36.2 Å². The van der Waals surface area contributed by atoms with Crippen molar-refractivity contribution in [3.05, 3.63) is 0 Å². The number of Topliss-reactive ketones (excluding diaryl/α,β-unsaturated/α-hetero) is 1. The first-order valence-electron chi connectivity index (χ1n) is 11.3. The van der Waals surface area contributed by atoms with Crippen molar-refractivity contribution in [2.24, 2.45) is 40.4 Å². The SMILES string of the molecule is CC[C@@H]1C[C@H]2[C@@H]3C[C@H]4OC[C@@]5(CC[C@H](O)C[C@]45Br)[C@H]3CC[C@]2(C)[C@H]1C(C)=O. The molecule has 0 unspecified atom stereocenters. The maximum absolute atomic E-state index is 12.6. The molecule has 1 aliphatic heterocycles. The van der Waals surface area contributed by atoms with E-state index in [9.17, 15) is 9.90 Å². The fourth-order valence-corrected chi connectivity index (χ4v) is 10.4. The van der Waals surface area contributed by atoms with E-state index in [1.54, 1.807) is 0 Å². The van der Waals surface area contributed by atoms with Crippen molar-refractivity contribution < 1.29 is 14.6 Å². The lowest BCUT2D eigenvalue weighted by Gasteiger charge is -2.62. The maximum Gasteiger partial charge on any atom is 0.133 e. The molecule has 0 aromatic carbocycles. The molecule has 1 N–H and O–H groups in total. The van der Waals surface area contributed by atoms with Crippen LogP contribution in [0.15, 0.2) is 0 Å². The molecule has 5 fully saturated rings. The van der Waals surface area contributed by atoms with E-state index >= 15 is 0 Å². The van der Waals surface area contributed by atoms with Crippen molar-refractivity contribution in [2.75, 3.05) is 6.61 Å². The predicted molar refractivity (Wildman–Crippen MR) is 109 cm³/mol. The first-order valence-corrected chi connectivity index (χ1v) is 12.0. The van der Waals surface area contributed by atoms with Gasteiger partial charge in [-0.05, 0) is 81.0 Å². The van der Waals surface area contributed by atoms with Crippen LogP contribution in [0.1, 0.15) is 72.1 Å². The Balaban J connectivity index is 1.53. The normalized spacial score (nSPS) is 59.1. The van der Waals surface area contributed by atoms with Crippen LogP contribution in [0.5, 0.6) is 0 Å². The summed E-state index contributed by atoms with van der Waals surface area (Å²) in [6, 6.07) is 0. The number of carbonyl (C=O) groups is 1. The third-order valence-electron chi connectivity index (χ3n) is 10.1. The van der Waals surface area contributed by atoms with Crippen molar-refractivity contribution in [2.45, 2.75) is 88.7 Å². The zero-order valence-electron chi connectivity index (χ0n) is 17.0. The first-order chi connectivity index (χ1) is 12.8. The lowest BCUT2D eigenvalue weighted by Crippen LogP contribution is -2.63. The Morgan fingerprint density at radius 2 is 2.00 bits per heavy atom. The van der Waals surface area contributed by atoms with Crippen molar-refractivity contribution in [1.29, 1.82) is 0 Å². The minimum Gasteiger partial charge on any atom is -0.393 e. The Morgan fingerprint density at radius 1 is 1.22 bits per heavy atom. The summed E-state index contributed by atoms with van der Waals surface area (Å²) in [5.41, 5.74) is 0.376. The summed E-state index contributed by atoms with van der Waals surface area (Å²) in [7, 11) is 0.